The fraction of sp³-hybridized carbons (Fsp3) is 0.211. The first-order chi connectivity index (χ1) is 12.7. The van der Waals surface area contributed by atoms with Gasteiger partial charge in [-0.3, -0.25) is 0 Å². The second-order valence-electron chi connectivity index (χ2n) is 5.90. The molecule has 134 valence electrons. The lowest BCUT2D eigenvalue weighted by Gasteiger charge is -2.13. The van der Waals surface area contributed by atoms with Gasteiger partial charge >= 0.3 is 0 Å². The fourth-order valence-corrected chi connectivity index (χ4v) is 2.45. The summed E-state index contributed by atoms with van der Waals surface area (Å²) >= 11 is 0. The van der Waals surface area contributed by atoms with E-state index in [1.165, 1.54) is 0 Å². The Bertz CT molecular complexity index is 851. The summed E-state index contributed by atoms with van der Waals surface area (Å²) in [6, 6.07) is 15.9. The third-order valence-corrected chi connectivity index (χ3v) is 3.85. The molecule has 0 fully saturated rings. The lowest BCUT2D eigenvalue weighted by Crippen LogP contribution is -2.08. The van der Waals surface area contributed by atoms with Gasteiger partial charge in [0.05, 0.1) is 13.3 Å². The minimum absolute atomic E-state index is 0.438. The molecular formula is C19H22N6O. The second-order valence-corrected chi connectivity index (χ2v) is 5.90. The lowest BCUT2D eigenvalue weighted by atomic mass is 10.2. The molecule has 3 rings (SSSR count). The van der Waals surface area contributed by atoms with Gasteiger partial charge in [0, 0.05) is 37.6 Å². The minimum Gasteiger partial charge on any atom is -0.496 e. The van der Waals surface area contributed by atoms with E-state index in [9.17, 15) is 0 Å². The van der Waals surface area contributed by atoms with E-state index in [0.717, 1.165) is 22.7 Å². The minimum atomic E-state index is 0.438. The third-order valence-electron chi connectivity index (χ3n) is 3.85. The molecule has 1 aromatic heterocycles. The van der Waals surface area contributed by atoms with Crippen LogP contribution in [0, 0.1) is 0 Å². The zero-order valence-corrected chi connectivity index (χ0v) is 15.1. The van der Waals surface area contributed by atoms with Gasteiger partial charge in [0.15, 0.2) is 5.82 Å². The summed E-state index contributed by atoms with van der Waals surface area (Å²) in [4.78, 5) is 6.49. The van der Waals surface area contributed by atoms with Gasteiger partial charge in [-0.05, 0) is 30.3 Å². The SMILES string of the molecule is COc1ccccc1CNc1cnnc(Nc2ccc(N(C)C)cc2)n1. The third kappa shape index (κ3) is 4.38. The van der Waals surface area contributed by atoms with E-state index in [0.29, 0.717) is 18.3 Å². The Balaban J connectivity index is 1.66. The Morgan fingerprint density at radius 2 is 1.81 bits per heavy atom. The molecule has 0 bridgehead atoms. The molecule has 0 unspecified atom stereocenters. The molecule has 3 aromatic rings. The Labute approximate surface area is 153 Å². The number of nitrogens with zero attached hydrogens (tertiary/aromatic N) is 4. The Hall–Kier alpha value is -3.35. The number of methoxy groups -OCH3 is 1. The quantitative estimate of drug-likeness (QED) is 0.677. The highest BCUT2D eigenvalue weighted by Gasteiger charge is 2.05. The number of benzene rings is 2. The Morgan fingerprint density at radius 3 is 2.54 bits per heavy atom. The summed E-state index contributed by atoms with van der Waals surface area (Å²) in [5, 5.41) is 14.4. The first-order valence-corrected chi connectivity index (χ1v) is 8.25. The maximum Gasteiger partial charge on any atom is 0.249 e. The van der Waals surface area contributed by atoms with Crippen LogP contribution in [0.5, 0.6) is 5.75 Å². The average molecular weight is 350 g/mol. The molecular weight excluding hydrogens is 328 g/mol. The smallest absolute Gasteiger partial charge is 0.249 e. The highest BCUT2D eigenvalue weighted by Crippen LogP contribution is 2.20. The second kappa shape index (κ2) is 8.15. The zero-order chi connectivity index (χ0) is 18.4. The van der Waals surface area contributed by atoms with Crippen molar-refractivity contribution in [3.8, 4) is 5.75 Å². The van der Waals surface area contributed by atoms with Gasteiger partial charge in [-0.2, -0.15) is 10.1 Å². The van der Waals surface area contributed by atoms with Crippen LogP contribution in [0.25, 0.3) is 0 Å². The molecule has 2 N–H and O–H groups in total. The van der Waals surface area contributed by atoms with E-state index in [1.807, 2.05) is 67.5 Å². The largest absolute Gasteiger partial charge is 0.496 e. The van der Waals surface area contributed by atoms with E-state index in [-0.39, 0.29) is 0 Å². The Kier molecular flexibility index (Phi) is 5.48. The summed E-state index contributed by atoms with van der Waals surface area (Å²) in [5.74, 6) is 1.91. The predicted molar refractivity (Wildman–Crippen MR) is 104 cm³/mol. The fourth-order valence-electron chi connectivity index (χ4n) is 2.45. The number of hydrogen-bond donors (Lipinski definition) is 2. The number of aromatic nitrogens is 3. The van der Waals surface area contributed by atoms with Gasteiger partial charge in [0.1, 0.15) is 5.75 Å². The number of rotatable bonds is 7. The van der Waals surface area contributed by atoms with E-state index in [4.69, 9.17) is 4.74 Å². The first-order valence-electron chi connectivity index (χ1n) is 8.25. The van der Waals surface area contributed by atoms with Gasteiger partial charge in [-0.25, -0.2) is 0 Å². The maximum atomic E-state index is 5.36. The highest BCUT2D eigenvalue weighted by molar-refractivity contribution is 5.59. The van der Waals surface area contributed by atoms with E-state index in [1.54, 1.807) is 13.3 Å². The van der Waals surface area contributed by atoms with E-state index < -0.39 is 0 Å². The van der Waals surface area contributed by atoms with Crippen molar-refractivity contribution in [1.82, 2.24) is 15.2 Å². The highest BCUT2D eigenvalue weighted by atomic mass is 16.5. The summed E-state index contributed by atoms with van der Waals surface area (Å²) < 4.78 is 5.36. The van der Waals surface area contributed by atoms with E-state index in [2.05, 4.69) is 25.8 Å². The maximum absolute atomic E-state index is 5.36. The number of hydrogen-bond acceptors (Lipinski definition) is 7. The van der Waals surface area contributed by atoms with Crippen LogP contribution in [0.2, 0.25) is 0 Å². The number of para-hydroxylation sites is 1. The van der Waals surface area contributed by atoms with Gasteiger partial charge < -0.3 is 20.3 Å². The van der Waals surface area contributed by atoms with Gasteiger partial charge in [0.25, 0.3) is 0 Å². The average Bonchev–Trinajstić information content (AvgIpc) is 2.67. The number of anilines is 4. The standard InChI is InChI=1S/C19H22N6O/c1-25(2)16-10-8-15(9-11-16)22-19-23-18(13-21-24-19)20-12-14-6-4-5-7-17(14)26-3/h4-11,13H,12H2,1-3H3,(H2,20,22,23,24). The van der Waals surface area contributed by atoms with Crippen LogP contribution in [0.1, 0.15) is 5.56 Å². The molecule has 7 heteroatoms. The van der Waals surface area contributed by atoms with Crippen LogP contribution in [0.4, 0.5) is 23.1 Å². The molecule has 0 saturated heterocycles. The van der Waals surface area contributed by atoms with Crippen molar-refractivity contribution >= 4 is 23.1 Å². The van der Waals surface area contributed by atoms with Crippen molar-refractivity contribution < 1.29 is 4.74 Å². The zero-order valence-electron chi connectivity index (χ0n) is 15.1. The molecule has 7 nitrogen and oxygen atoms in total. The molecule has 0 aliphatic carbocycles. The van der Waals surface area contributed by atoms with Crippen molar-refractivity contribution in [2.45, 2.75) is 6.54 Å². The Morgan fingerprint density at radius 1 is 1.04 bits per heavy atom. The van der Waals surface area contributed by atoms with Crippen LogP contribution in [0.15, 0.2) is 54.7 Å². The van der Waals surface area contributed by atoms with Crippen LogP contribution in [-0.2, 0) is 6.54 Å². The summed E-state index contributed by atoms with van der Waals surface area (Å²) in [6.07, 6.45) is 1.59. The lowest BCUT2D eigenvalue weighted by molar-refractivity contribution is 0.410. The van der Waals surface area contributed by atoms with Crippen LogP contribution >= 0.6 is 0 Å². The van der Waals surface area contributed by atoms with Gasteiger partial charge in [-0.15, -0.1) is 5.10 Å². The molecule has 0 spiro atoms. The summed E-state index contributed by atoms with van der Waals surface area (Å²) in [7, 11) is 5.67. The molecule has 1 heterocycles. The molecule has 26 heavy (non-hydrogen) atoms. The summed E-state index contributed by atoms with van der Waals surface area (Å²) in [6.45, 7) is 0.583. The number of ether oxygens (including phenoxy) is 1. The molecule has 0 aliphatic heterocycles. The van der Waals surface area contributed by atoms with Crippen molar-refractivity contribution in [2.75, 3.05) is 36.7 Å². The first kappa shape index (κ1) is 17.5. The molecule has 0 radical (unpaired) electrons. The predicted octanol–water partition coefficient (Wildman–Crippen LogP) is 3.30. The van der Waals surface area contributed by atoms with E-state index >= 15 is 0 Å². The van der Waals surface area contributed by atoms with Crippen molar-refractivity contribution in [1.29, 1.82) is 0 Å². The van der Waals surface area contributed by atoms with Crippen molar-refractivity contribution in [3.05, 3.63) is 60.3 Å². The summed E-state index contributed by atoms with van der Waals surface area (Å²) in [5.41, 5.74) is 3.07. The monoisotopic (exact) mass is 350 g/mol. The van der Waals surface area contributed by atoms with Crippen molar-refractivity contribution in [2.24, 2.45) is 0 Å². The normalized spacial score (nSPS) is 10.3. The molecule has 0 atom stereocenters. The van der Waals surface area contributed by atoms with Crippen LogP contribution in [0.3, 0.4) is 0 Å². The molecule has 0 saturated carbocycles. The van der Waals surface area contributed by atoms with Gasteiger partial charge in [0.2, 0.25) is 5.95 Å². The van der Waals surface area contributed by atoms with Crippen LogP contribution in [-0.4, -0.2) is 36.4 Å². The number of nitrogens with one attached hydrogen (secondary N) is 2. The van der Waals surface area contributed by atoms with Crippen LogP contribution < -0.4 is 20.3 Å². The van der Waals surface area contributed by atoms with Gasteiger partial charge in [-0.1, -0.05) is 18.2 Å². The molecule has 2 aromatic carbocycles. The topological polar surface area (TPSA) is 75.2 Å². The molecule has 0 amide bonds. The molecule has 0 aliphatic rings. The van der Waals surface area contributed by atoms with Crippen molar-refractivity contribution in [3.63, 3.8) is 0 Å².